The molecule has 2 aromatic carbocycles. The van der Waals surface area contributed by atoms with Gasteiger partial charge in [-0.2, -0.15) is 0 Å². The molecule has 4 heteroatoms. The zero-order valence-corrected chi connectivity index (χ0v) is 15.1. The third-order valence-electron chi connectivity index (χ3n) is 3.98. The molecule has 0 aliphatic carbocycles. The third kappa shape index (κ3) is 4.92. The van der Waals surface area contributed by atoms with Gasteiger partial charge in [-0.1, -0.05) is 50.2 Å². The van der Waals surface area contributed by atoms with Crippen molar-refractivity contribution in [1.82, 2.24) is 0 Å². The normalized spacial score (nSPS) is 11.9. The van der Waals surface area contributed by atoms with Crippen molar-refractivity contribution in [3.63, 3.8) is 0 Å². The molecule has 0 saturated heterocycles. The van der Waals surface area contributed by atoms with E-state index in [0.29, 0.717) is 5.92 Å². The monoisotopic (exact) mass is 340 g/mol. The first-order valence-electron chi connectivity index (χ1n) is 8.40. The van der Waals surface area contributed by atoms with Gasteiger partial charge in [-0.25, -0.2) is 4.79 Å². The summed E-state index contributed by atoms with van der Waals surface area (Å²) in [6.07, 6.45) is 1.01. The van der Waals surface area contributed by atoms with Crippen molar-refractivity contribution in [2.75, 3.05) is 7.11 Å². The summed E-state index contributed by atoms with van der Waals surface area (Å²) in [5.41, 5.74) is 2.36. The molecule has 132 valence electrons. The molecule has 1 unspecified atom stereocenters. The maximum atomic E-state index is 12.5. The summed E-state index contributed by atoms with van der Waals surface area (Å²) < 4.78 is 10.2. The van der Waals surface area contributed by atoms with Crippen LogP contribution in [0.25, 0.3) is 0 Å². The van der Waals surface area contributed by atoms with E-state index in [1.54, 1.807) is 31.2 Å². The summed E-state index contributed by atoms with van der Waals surface area (Å²) in [5.74, 6) is -0.577. The summed E-state index contributed by atoms with van der Waals surface area (Å²) in [4.78, 5) is 24.2. The van der Waals surface area contributed by atoms with Crippen LogP contribution in [0.15, 0.2) is 48.5 Å². The first-order chi connectivity index (χ1) is 11.9. The molecular weight excluding hydrogens is 316 g/mol. The van der Waals surface area contributed by atoms with Gasteiger partial charge >= 0.3 is 11.9 Å². The number of methoxy groups -OCH3 is 1. The van der Waals surface area contributed by atoms with Gasteiger partial charge in [-0.15, -0.1) is 0 Å². The van der Waals surface area contributed by atoms with Crippen LogP contribution in [-0.2, 0) is 16.0 Å². The van der Waals surface area contributed by atoms with Gasteiger partial charge in [-0.3, -0.25) is 4.79 Å². The molecular formula is C21H24O4. The van der Waals surface area contributed by atoms with Crippen molar-refractivity contribution in [3.05, 3.63) is 65.2 Å². The molecule has 4 nitrogen and oxygen atoms in total. The highest BCUT2D eigenvalue weighted by atomic mass is 16.5. The Labute approximate surface area is 148 Å². The Bertz CT molecular complexity index is 732. The van der Waals surface area contributed by atoms with Crippen molar-refractivity contribution in [2.45, 2.75) is 33.1 Å². The second-order valence-corrected chi connectivity index (χ2v) is 6.47. The smallest absolute Gasteiger partial charge is 0.341 e. The molecule has 1 atom stereocenters. The second-order valence-electron chi connectivity index (χ2n) is 6.47. The fraction of sp³-hybridized carbons (Fsp3) is 0.333. The van der Waals surface area contributed by atoms with Crippen LogP contribution < -0.4 is 4.74 Å². The maximum Gasteiger partial charge on any atom is 0.341 e. The summed E-state index contributed by atoms with van der Waals surface area (Å²) >= 11 is 0. The topological polar surface area (TPSA) is 52.6 Å². The highest BCUT2D eigenvalue weighted by Crippen LogP contribution is 2.24. The largest absolute Gasteiger partial charge is 0.465 e. The van der Waals surface area contributed by atoms with Gasteiger partial charge in [0.1, 0.15) is 11.3 Å². The Balaban J connectivity index is 2.12. The van der Waals surface area contributed by atoms with Crippen LogP contribution in [0.2, 0.25) is 0 Å². The van der Waals surface area contributed by atoms with E-state index in [-0.39, 0.29) is 11.3 Å². The van der Waals surface area contributed by atoms with Gasteiger partial charge in [0.15, 0.2) is 0 Å². The number of carbonyl (C=O) groups is 2. The molecule has 2 aromatic rings. The maximum absolute atomic E-state index is 12.5. The number of hydrogen-bond donors (Lipinski definition) is 0. The van der Waals surface area contributed by atoms with Crippen molar-refractivity contribution in [2.24, 2.45) is 5.92 Å². The van der Waals surface area contributed by atoms with E-state index < -0.39 is 17.9 Å². The van der Waals surface area contributed by atoms with Gasteiger partial charge in [-0.05, 0) is 42.5 Å². The second kappa shape index (κ2) is 8.47. The van der Waals surface area contributed by atoms with Crippen LogP contribution in [0.5, 0.6) is 5.75 Å². The van der Waals surface area contributed by atoms with Crippen molar-refractivity contribution in [3.8, 4) is 5.75 Å². The Morgan fingerprint density at radius 1 is 0.960 bits per heavy atom. The molecule has 0 aliphatic heterocycles. The number of para-hydroxylation sites is 1. The molecule has 0 amide bonds. The summed E-state index contributed by atoms with van der Waals surface area (Å²) in [7, 11) is 1.29. The number of carbonyl (C=O) groups excluding carboxylic acids is 2. The minimum Gasteiger partial charge on any atom is -0.465 e. The van der Waals surface area contributed by atoms with E-state index in [0.717, 1.165) is 12.0 Å². The molecule has 2 rings (SSSR count). The molecule has 0 spiro atoms. The van der Waals surface area contributed by atoms with Crippen LogP contribution in [0.1, 0.15) is 48.2 Å². The van der Waals surface area contributed by atoms with E-state index >= 15 is 0 Å². The lowest BCUT2D eigenvalue weighted by Crippen LogP contribution is -2.18. The number of esters is 2. The van der Waals surface area contributed by atoms with Crippen LogP contribution in [0.3, 0.4) is 0 Å². The average Bonchev–Trinajstić information content (AvgIpc) is 2.61. The molecule has 25 heavy (non-hydrogen) atoms. The Morgan fingerprint density at radius 2 is 1.60 bits per heavy atom. The average molecular weight is 340 g/mol. The minimum atomic E-state index is -0.533. The SMILES string of the molecule is COC(=O)c1ccccc1OC(=O)C(C)c1ccc(CC(C)C)cc1. The first kappa shape index (κ1) is 18.7. The van der Waals surface area contributed by atoms with Crippen LogP contribution in [-0.4, -0.2) is 19.0 Å². The number of ether oxygens (including phenoxy) is 2. The van der Waals surface area contributed by atoms with Gasteiger partial charge < -0.3 is 9.47 Å². The zero-order valence-electron chi connectivity index (χ0n) is 15.1. The number of rotatable bonds is 6. The zero-order chi connectivity index (χ0) is 18.4. The fourth-order valence-electron chi connectivity index (χ4n) is 2.58. The van der Waals surface area contributed by atoms with Crippen LogP contribution in [0, 0.1) is 5.92 Å². The molecule has 0 fully saturated rings. The van der Waals surface area contributed by atoms with E-state index in [1.165, 1.54) is 12.7 Å². The van der Waals surface area contributed by atoms with E-state index in [1.807, 2.05) is 24.3 Å². The lowest BCUT2D eigenvalue weighted by Gasteiger charge is -2.14. The van der Waals surface area contributed by atoms with Gasteiger partial charge in [0.25, 0.3) is 0 Å². The Kier molecular flexibility index (Phi) is 6.34. The van der Waals surface area contributed by atoms with Crippen molar-refractivity contribution >= 4 is 11.9 Å². The van der Waals surface area contributed by atoms with E-state index in [4.69, 9.17) is 9.47 Å². The third-order valence-corrected chi connectivity index (χ3v) is 3.98. The quantitative estimate of drug-likeness (QED) is 0.578. The predicted molar refractivity (Wildman–Crippen MR) is 96.8 cm³/mol. The van der Waals surface area contributed by atoms with E-state index in [9.17, 15) is 9.59 Å². The number of benzene rings is 2. The standard InChI is InChI=1S/C21H24O4/c1-14(2)13-16-9-11-17(12-10-16)15(3)20(22)25-19-8-6-5-7-18(19)21(23)24-4/h5-12,14-15H,13H2,1-4H3. The molecule has 0 heterocycles. The lowest BCUT2D eigenvalue weighted by atomic mass is 9.97. The molecule has 0 saturated carbocycles. The minimum absolute atomic E-state index is 0.211. The van der Waals surface area contributed by atoms with Crippen molar-refractivity contribution < 1.29 is 19.1 Å². The summed E-state index contributed by atoms with van der Waals surface area (Å²) in [6.45, 7) is 6.14. The first-order valence-corrected chi connectivity index (χ1v) is 8.40. The van der Waals surface area contributed by atoms with Gasteiger partial charge in [0.2, 0.25) is 0 Å². The molecule has 0 bridgehead atoms. The van der Waals surface area contributed by atoms with E-state index in [2.05, 4.69) is 13.8 Å². The molecule has 0 N–H and O–H groups in total. The number of hydrogen-bond acceptors (Lipinski definition) is 4. The van der Waals surface area contributed by atoms with Crippen LogP contribution in [0.4, 0.5) is 0 Å². The summed E-state index contributed by atoms with van der Waals surface area (Å²) in [5, 5.41) is 0. The lowest BCUT2D eigenvalue weighted by molar-refractivity contribution is -0.135. The Morgan fingerprint density at radius 3 is 2.20 bits per heavy atom. The summed E-state index contributed by atoms with van der Waals surface area (Å²) in [6, 6.07) is 14.6. The Hall–Kier alpha value is -2.62. The molecule has 0 radical (unpaired) electrons. The fourth-order valence-corrected chi connectivity index (χ4v) is 2.58. The molecule has 0 aliphatic rings. The van der Waals surface area contributed by atoms with Crippen molar-refractivity contribution in [1.29, 1.82) is 0 Å². The van der Waals surface area contributed by atoms with Gasteiger partial charge in [0, 0.05) is 0 Å². The highest BCUT2D eigenvalue weighted by molar-refractivity contribution is 5.93. The van der Waals surface area contributed by atoms with Crippen LogP contribution >= 0.6 is 0 Å². The highest BCUT2D eigenvalue weighted by Gasteiger charge is 2.21. The van der Waals surface area contributed by atoms with Gasteiger partial charge in [0.05, 0.1) is 13.0 Å². The predicted octanol–water partition coefficient (Wildman–Crippen LogP) is 4.38. The molecule has 0 aromatic heterocycles.